The minimum atomic E-state index is 0.737. The highest BCUT2D eigenvalue weighted by molar-refractivity contribution is 5.73. The maximum Gasteiger partial charge on any atom is 0.192 e. The molecule has 4 heteroatoms. The first-order valence-electron chi connectivity index (χ1n) is 6.60. The van der Waals surface area contributed by atoms with E-state index in [-0.39, 0.29) is 0 Å². The molecule has 3 rings (SSSR count). The molecule has 1 saturated heterocycles. The van der Waals surface area contributed by atoms with Gasteiger partial charge in [-0.25, -0.2) is 4.98 Å². The van der Waals surface area contributed by atoms with Crippen molar-refractivity contribution in [2.75, 3.05) is 26.2 Å². The molecule has 0 unspecified atom stereocenters. The number of oxazole rings is 1. The summed E-state index contributed by atoms with van der Waals surface area (Å²) >= 11 is 0. The summed E-state index contributed by atoms with van der Waals surface area (Å²) in [6, 6.07) is 6.33. The lowest BCUT2D eigenvalue weighted by Gasteiger charge is -2.19. The average Bonchev–Trinajstić information content (AvgIpc) is 2.56. The van der Waals surface area contributed by atoms with E-state index in [9.17, 15) is 0 Å². The summed E-state index contributed by atoms with van der Waals surface area (Å²) in [5.41, 5.74) is 3.16. The predicted octanol–water partition coefficient (Wildman–Crippen LogP) is 1.93. The Morgan fingerprint density at radius 1 is 1.33 bits per heavy atom. The van der Waals surface area contributed by atoms with Crippen LogP contribution < -0.4 is 5.32 Å². The molecule has 4 nitrogen and oxygen atoms in total. The Kier molecular flexibility index (Phi) is 3.30. The molecular weight excluding hydrogens is 226 g/mol. The van der Waals surface area contributed by atoms with Crippen LogP contribution in [0.5, 0.6) is 0 Å². The minimum absolute atomic E-state index is 0.737. The van der Waals surface area contributed by atoms with Crippen LogP contribution in [-0.4, -0.2) is 36.1 Å². The molecule has 1 aromatic carbocycles. The minimum Gasteiger partial charge on any atom is -0.441 e. The molecule has 1 aromatic heterocycles. The highest BCUT2D eigenvalue weighted by Gasteiger charge is 2.10. The lowest BCUT2D eigenvalue weighted by atomic mass is 10.2. The molecule has 1 aliphatic rings. The Morgan fingerprint density at radius 3 is 3.22 bits per heavy atom. The van der Waals surface area contributed by atoms with Crippen LogP contribution in [0.4, 0.5) is 0 Å². The van der Waals surface area contributed by atoms with Gasteiger partial charge in [-0.3, -0.25) is 4.90 Å². The lowest BCUT2D eigenvalue weighted by Crippen LogP contribution is -2.27. The molecule has 1 fully saturated rings. The van der Waals surface area contributed by atoms with E-state index in [1.807, 2.05) is 6.92 Å². The van der Waals surface area contributed by atoms with E-state index in [1.54, 1.807) is 0 Å². The fourth-order valence-electron chi connectivity index (χ4n) is 2.50. The highest BCUT2D eigenvalue weighted by atomic mass is 16.3. The number of benzene rings is 1. The number of fused-ring (bicyclic) bond motifs is 1. The van der Waals surface area contributed by atoms with E-state index >= 15 is 0 Å². The molecule has 1 aliphatic heterocycles. The number of nitrogens with zero attached hydrogens (tertiary/aromatic N) is 2. The van der Waals surface area contributed by atoms with Crippen molar-refractivity contribution in [3.05, 3.63) is 29.7 Å². The van der Waals surface area contributed by atoms with Gasteiger partial charge in [-0.15, -0.1) is 0 Å². The molecule has 0 amide bonds. The second-order valence-electron chi connectivity index (χ2n) is 4.91. The number of rotatable bonds is 2. The van der Waals surface area contributed by atoms with E-state index in [1.165, 1.54) is 18.5 Å². The van der Waals surface area contributed by atoms with E-state index < -0.39 is 0 Å². The molecule has 0 radical (unpaired) electrons. The van der Waals surface area contributed by atoms with E-state index in [4.69, 9.17) is 4.42 Å². The second kappa shape index (κ2) is 5.08. The fraction of sp³-hybridized carbons (Fsp3) is 0.500. The molecule has 0 atom stereocenters. The van der Waals surface area contributed by atoms with E-state index in [0.29, 0.717) is 0 Å². The van der Waals surface area contributed by atoms with Gasteiger partial charge in [0.2, 0.25) is 0 Å². The number of hydrogen-bond acceptors (Lipinski definition) is 4. The summed E-state index contributed by atoms with van der Waals surface area (Å²) < 4.78 is 5.58. The van der Waals surface area contributed by atoms with Crippen molar-refractivity contribution in [3.8, 4) is 0 Å². The van der Waals surface area contributed by atoms with Gasteiger partial charge in [0.15, 0.2) is 11.5 Å². The highest BCUT2D eigenvalue weighted by Crippen LogP contribution is 2.18. The third-order valence-corrected chi connectivity index (χ3v) is 3.40. The van der Waals surface area contributed by atoms with Gasteiger partial charge < -0.3 is 9.73 Å². The zero-order valence-corrected chi connectivity index (χ0v) is 10.8. The number of aromatic nitrogens is 1. The summed E-state index contributed by atoms with van der Waals surface area (Å²) in [4.78, 5) is 6.82. The molecule has 0 saturated carbocycles. The van der Waals surface area contributed by atoms with Crippen molar-refractivity contribution in [3.63, 3.8) is 0 Å². The summed E-state index contributed by atoms with van der Waals surface area (Å²) in [7, 11) is 0. The Bertz CT molecular complexity index is 527. The topological polar surface area (TPSA) is 41.3 Å². The van der Waals surface area contributed by atoms with Crippen molar-refractivity contribution in [1.82, 2.24) is 15.2 Å². The van der Waals surface area contributed by atoms with E-state index in [0.717, 1.165) is 43.2 Å². The van der Waals surface area contributed by atoms with Gasteiger partial charge >= 0.3 is 0 Å². The second-order valence-corrected chi connectivity index (χ2v) is 4.91. The third kappa shape index (κ3) is 2.54. The summed E-state index contributed by atoms with van der Waals surface area (Å²) in [5.74, 6) is 0.737. The van der Waals surface area contributed by atoms with Crippen LogP contribution in [0.15, 0.2) is 22.6 Å². The predicted molar refractivity (Wildman–Crippen MR) is 71.5 cm³/mol. The van der Waals surface area contributed by atoms with Gasteiger partial charge in [-0.05, 0) is 37.2 Å². The average molecular weight is 245 g/mol. The van der Waals surface area contributed by atoms with Crippen molar-refractivity contribution in [1.29, 1.82) is 0 Å². The number of nitrogens with one attached hydrogen (secondary N) is 1. The Morgan fingerprint density at radius 2 is 2.28 bits per heavy atom. The normalized spacial score (nSPS) is 18.1. The first-order valence-corrected chi connectivity index (χ1v) is 6.60. The molecular formula is C14H19N3O. The Balaban J connectivity index is 1.76. The third-order valence-electron chi connectivity index (χ3n) is 3.40. The fourth-order valence-corrected chi connectivity index (χ4v) is 2.50. The number of hydrogen-bond donors (Lipinski definition) is 1. The van der Waals surface area contributed by atoms with Crippen LogP contribution in [0.25, 0.3) is 11.1 Å². The van der Waals surface area contributed by atoms with Gasteiger partial charge in [-0.2, -0.15) is 0 Å². The van der Waals surface area contributed by atoms with Gasteiger partial charge in [0.05, 0.1) is 0 Å². The molecule has 0 aliphatic carbocycles. The van der Waals surface area contributed by atoms with Crippen LogP contribution in [0.3, 0.4) is 0 Å². The monoisotopic (exact) mass is 245 g/mol. The zero-order valence-electron chi connectivity index (χ0n) is 10.8. The molecule has 2 aromatic rings. The molecule has 0 bridgehead atoms. The van der Waals surface area contributed by atoms with Gasteiger partial charge in [0.1, 0.15) is 5.52 Å². The summed E-state index contributed by atoms with van der Waals surface area (Å²) in [5, 5.41) is 3.43. The summed E-state index contributed by atoms with van der Waals surface area (Å²) in [6.45, 7) is 7.39. The van der Waals surface area contributed by atoms with Crippen molar-refractivity contribution in [2.45, 2.75) is 19.9 Å². The van der Waals surface area contributed by atoms with Crippen molar-refractivity contribution < 1.29 is 4.42 Å². The smallest absolute Gasteiger partial charge is 0.192 e. The van der Waals surface area contributed by atoms with Gasteiger partial charge in [0.25, 0.3) is 0 Å². The van der Waals surface area contributed by atoms with Crippen LogP contribution in [0.2, 0.25) is 0 Å². The Labute approximate surface area is 107 Å². The quantitative estimate of drug-likeness (QED) is 0.878. The molecule has 0 spiro atoms. The molecule has 2 heterocycles. The maximum atomic E-state index is 5.58. The zero-order chi connectivity index (χ0) is 12.4. The van der Waals surface area contributed by atoms with Crippen LogP contribution in [0.1, 0.15) is 17.9 Å². The van der Waals surface area contributed by atoms with E-state index in [2.05, 4.69) is 33.4 Å². The Hall–Kier alpha value is -1.39. The standard InChI is InChI=1S/C14H19N3O/c1-11-16-13-4-3-12(9-14(13)18-11)10-17-7-2-5-15-6-8-17/h3-4,9,15H,2,5-8,10H2,1H3. The number of aryl methyl sites for hydroxylation is 1. The van der Waals surface area contributed by atoms with Crippen molar-refractivity contribution >= 4 is 11.1 Å². The SMILES string of the molecule is Cc1nc2ccc(CN3CCCNCC3)cc2o1. The molecule has 18 heavy (non-hydrogen) atoms. The molecule has 1 N–H and O–H groups in total. The van der Waals surface area contributed by atoms with Gasteiger partial charge in [0, 0.05) is 26.6 Å². The summed E-state index contributed by atoms with van der Waals surface area (Å²) in [6.07, 6.45) is 1.23. The first-order chi connectivity index (χ1) is 8.81. The van der Waals surface area contributed by atoms with Gasteiger partial charge in [-0.1, -0.05) is 6.07 Å². The van der Waals surface area contributed by atoms with Crippen molar-refractivity contribution in [2.24, 2.45) is 0 Å². The van der Waals surface area contributed by atoms with Crippen LogP contribution >= 0.6 is 0 Å². The lowest BCUT2D eigenvalue weighted by molar-refractivity contribution is 0.284. The maximum absolute atomic E-state index is 5.58. The van der Waals surface area contributed by atoms with Crippen LogP contribution in [0, 0.1) is 6.92 Å². The van der Waals surface area contributed by atoms with Crippen LogP contribution in [-0.2, 0) is 6.54 Å². The molecule has 96 valence electrons. The largest absolute Gasteiger partial charge is 0.441 e. The first kappa shape index (κ1) is 11.7.